The predicted octanol–water partition coefficient (Wildman–Crippen LogP) is 3.80. The van der Waals surface area contributed by atoms with Crippen molar-refractivity contribution in [1.29, 1.82) is 0 Å². The van der Waals surface area contributed by atoms with Gasteiger partial charge < -0.3 is 15.2 Å². The molecule has 0 saturated carbocycles. The summed E-state index contributed by atoms with van der Waals surface area (Å²) in [5.74, 6) is -0.382. The molecule has 0 saturated heterocycles. The number of likely N-dealkylation sites (N-methyl/N-ethyl adjacent to an activating group) is 1. The molecule has 1 heterocycles. The second-order valence-electron chi connectivity index (χ2n) is 6.65. The van der Waals surface area contributed by atoms with Crippen LogP contribution in [0, 0.1) is 20.8 Å². The number of aryl methyl sites for hydroxylation is 3. The van der Waals surface area contributed by atoms with Gasteiger partial charge in [0.15, 0.2) is 0 Å². The van der Waals surface area contributed by atoms with Crippen LogP contribution in [0.1, 0.15) is 27.2 Å². The number of nitrogens with zero attached hydrogens (tertiary/aromatic N) is 1. The van der Waals surface area contributed by atoms with Crippen molar-refractivity contribution >= 4 is 28.4 Å². The Morgan fingerprint density at radius 2 is 1.65 bits per heavy atom. The first-order valence-electron chi connectivity index (χ1n) is 8.57. The lowest BCUT2D eigenvalue weighted by molar-refractivity contribution is -0.116. The standard InChI is InChI=1S/C21H23N3O2/c1-13-8-7-9-14(2)20(13)23-18(25)12-24(4)21(26)19-15(3)22-17-11-6-5-10-16(17)19/h5-11,22H,12H2,1-4H3,(H,23,25). The van der Waals surface area contributed by atoms with E-state index in [1.807, 2.05) is 63.2 Å². The Balaban J connectivity index is 1.77. The summed E-state index contributed by atoms with van der Waals surface area (Å²) in [6, 6.07) is 13.5. The summed E-state index contributed by atoms with van der Waals surface area (Å²) in [5, 5.41) is 3.79. The molecule has 26 heavy (non-hydrogen) atoms. The number of benzene rings is 2. The Kier molecular flexibility index (Phi) is 4.80. The molecule has 0 unspecified atom stereocenters. The summed E-state index contributed by atoms with van der Waals surface area (Å²) in [6.45, 7) is 5.77. The number of hydrogen-bond acceptors (Lipinski definition) is 2. The van der Waals surface area contributed by atoms with Gasteiger partial charge in [0.1, 0.15) is 0 Å². The molecule has 1 aromatic heterocycles. The van der Waals surface area contributed by atoms with Crippen LogP contribution < -0.4 is 5.32 Å². The minimum atomic E-state index is -0.212. The number of H-pyrrole nitrogens is 1. The molecule has 0 aliphatic carbocycles. The van der Waals surface area contributed by atoms with Crippen molar-refractivity contribution in [3.05, 3.63) is 64.8 Å². The molecule has 0 aliphatic rings. The van der Waals surface area contributed by atoms with Crippen LogP contribution in [-0.4, -0.2) is 35.3 Å². The van der Waals surface area contributed by atoms with Gasteiger partial charge in [-0.3, -0.25) is 9.59 Å². The second-order valence-corrected chi connectivity index (χ2v) is 6.65. The van der Waals surface area contributed by atoms with Crippen molar-refractivity contribution < 1.29 is 9.59 Å². The average molecular weight is 349 g/mol. The Morgan fingerprint density at radius 1 is 1.00 bits per heavy atom. The number of amides is 2. The van der Waals surface area contributed by atoms with Crippen molar-refractivity contribution in [2.45, 2.75) is 20.8 Å². The molecule has 3 aromatic rings. The largest absolute Gasteiger partial charge is 0.358 e. The summed E-state index contributed by atoms with van der Waals surface area (Å²) in [7, 11) is 1.65. The van der Waals surface area contributed by atoms with Crippen molar-refractivity contribution in [2.24, 2.45) is 0 Å². The molecule has 2 amide bonds. The lowest BCUT2D eigenvalue weighted by Crippen LogP contribution is -2.35. The maximum absolute atomic E-state index is 12.9. The summed E-state index contributed by atoms with van der Waals surface area (Å²) in [4.78, 5) is 30.0. The van der Waals surface area contributed by atoms with Gasteiger partial charge in [0.25, 0.3) is 5.91 Å². The molecule has 5 heteroatoms. The maximum Gasteiger partial charge on any atom is 0.256 e. The highest BCUT2D eigenvalue weighted by atomic mass is 16.2. The van der Waals surface area contributed by atoms with Crippen molar-refractivity contribution in [3.8, 4) is 0 Å². The van der Waals surface area contributed by atoms with Crippen LogP contribution in [-0.2, 0) is 4.79 Å². The zero-order valence-electron chi connectivity index (χ0n) is 15.5. The van der Waals surface area contributed by atoms with Crippen molar-refractivity contribution in [3.63, 3.8) is 0 Å². The first-order valence-corrected chi connectivity index (χ1v) is 8.57. The highest BCUT2D eigenvalue weighted by molar-refractivity contribution is 6.09. The number of nitrogens with one attached hydrogen (secondary N) is 2. The third-order valence-electron chi connectivity index (χ3n) is 4.58. The zero-order chi connectivity index (χ0) is 18.8. The van der Waals surface area contributed by atoms with Crippen LogP contribution >= 0.6 is 0 Å². The van der Waals surface area contributed by atoms with E-state index in [0.717, 1.165) is 33.4 Å². The third-order valence-corrected chi connectivity index (χ3v) is 4.58. The fraction of sp³-hybridized carbons (Fsp3) is 0.238. The van der Waals surface area contributed by atoms with Crippen LogP contribution in [0.5, 0.6) is 0 Å². The molecular weight excluding hydrogens is 326 g/mol. The van der Waals surface area contributed by atoms with E-state index in [2.05, 4.69) is 10.3 Å². The summed E-state index contributed by atoms with van der Waals surface area (Å²) in [6.07, 6.45) is 0. The number of carbonyl (C=O) groups excluding carboxylic acids is 2. The lowest BCUT2D eigenvalue weighted by Gasteiger charge is -2.18. The highest BCUT2D eigenvalue weighted by Crippen LogP contribution is 2.23. The van der Waals surface area contributed by atoms with E-state index in [9.17, 15) is 9.59 Å². The SMILES string of the molecule is Cc1cccc(C)c1NC(=O)CN(C)C(=O)c1c(C)[nH]c2ccccc12. The minimum Gasteiger partial charge on any atom is -0.358 e. The van der Waals surface area contributed by atoms with E-state index < -0.39 is 0 Å². The first-order chi connectivity index (χ1) is 12.4. The zero-order valence-corrected chi connectivity index (χ0v) is 15.5. The van der Waals surface area contributed by atoms with E-state index in [1.54, 1.807) is 7.05 Å². The Morgan fingerprint density at radius 3 is 2.35 bits per heavy atom. The fourth-order valence-electron chi connectivity index (χ4n) is 3.22. The molecule has 3 rings (SSSR count). The molecule has 134 valence electrons. The number of aromatic amines is 1. The number of aromatic nitrogens is 1. The van der Waals surface area contributed by atoms with Crippen LogP contribution in [0.15, 0.2) is 42.5 Å². The molecule has 0 spiro atoms. The average Bonchev–Trinajstić information content (AvgIpc) is 2.93. The van der Waals surface area contributed by atoms with E-state index in [0.29, 0.717) is 5.56 Å². The monoisotopic (exact) mass is 349 g/mol. The maximum atomic E-state index is 12.9. The molecular formula is C21H23N3O2. The van der Waals surface area contributed by atoms with Gasteiger partial charge in [-0.25, -0.2) is 0 Å². The molecule has 0 atom stereocenters. The molecule has 0 radical (unpaired) electrons. The van der Waals surface area contributed by atoms with Gasteiger partial charge in [-0.15, -0.1) is 0 Å². The van der Waals surface area contributed by atoms with Gasteiger partial charge in [-0.1, -0.05) is 36.4 Å². The third kappa shape index (κ3) is 3.33. The number of anilines is 1. The number of hydrogen-bond donors (Lipinski definition) is 2. The molecule has 2 N–H and O–H groups in total. The Labute approximate surface area is 153 Å². The Hall–Kier alpha value is -3.08. The Bertz CT molecular complexity index is 968. The normalized spacial score (nSPS) is 10.8. The van der Waals surface area contributed by atoms with Crippen LogP contribution in [0.3, 0.4) is 0 Å². The molecule has 0 bridgehead atoms. The fourth-order valence-corrected chi connectivity index (χ4v) is 3.22. The summed E-state index contributed by atoms with van der Waals surface area (Å²) >= 11 is 0. The summed E-state index contributed by atoms with van der Waals surface area (Å²) < 4.78 is 0. The first kappa shape index (κ1) is 17.7. The van der Waals surface area contributed by atoms with Crippen molar-refractivity contribution in [2.75, 3.05) is 18.9 Å². The van der Waals surface area contributed by atoms with Gasteiger partial charge in [0.05, 0.1) is 12.1 Å². The van der Waals surface area contributed by atoms with Crippen molar-refractivity contribution in [1.82, 2.24) is 9.88 Å². The quantitative estimate of drug-likeness (QED) is 0.752. The van der Waals surface area contributed by atoms with Crippen LogP contribution in [0.25, 0.3) is 10.9 Å². The molecule has 5 nitrogen and oxygen atoms in total. The number of rotatable bonds is 4. The van der Waals surface area contributed by atoms with E-state index >= 15 is 0 Å². The smallest absolute Gasteiger partial charge is 0.256 e. The second kappa shape index (κ2) is 7.04. The van der Waals surface area contributed by atoms with Gasteiger partial charge in [-0.2, -0.15) is 0 Å². The van der Waals surface area contributed by atoms with Gasteiger partial charge in [-0.05, 0) is 38.0 Å². The predicted molar refractivity (Wildman–Crippen MR) is 105 cm³/mol. The van der Waals surface area contributed by atoms with E-state index in [-0.39, 0.29) is 18.4 Å². The summed E-state index contributed by atoms with van der Waals surface area (Å²) in [5.41, 5.74) is 5.14. The highest BCUT2D eigenvalue weighted by Gasteiger charge is 2.21. The minimum absolute atomic E-state index is 0.00838. The molecule has 2 aromatic carbocycles. The topological polar surface area (TPSA) is 65.2 Å². The van der Waals surface area contributed by atoms with Crippen LogP contribution in [0.4, 0.5) is 5.69 Å². The van der Waals surface area contributed by atoms with Gasteiger partial charge in [0, 0.05) is 29.3 Å². The lowest BCUT2D eigenvalue weighted by atomic mass is 10.1. The van der Waals surface area contributed by atoms with E-state index in [1.165, 1.54) is 4.90 Å². The number of fused-ring (bicyclic) bond motifs is 1. The van der Waals surface area contributed by atoms with Gasteiger partial charge in [0.2, 0.25) is 5.91 Å². The molecule has 0 aliphatic heterocycles. The van der Waals surface area contributed by atoms with E-state index in [4.69, 9.17) is 0 Å². The van der Waals surface area contributed by atoms with Gasteiger partial charge >= 0.3 is 0 Å². The van der Waals surface area contributed by atoms with Crippen LogP contribution in [0.2, 0.25) is 0 Å². The number of para-hydroxylation sites is 2. The molecule has 0 fully saturated rings. The number of carbonyl (C=O) groups is 2.